The summed E-state index contributed by atoms with van der Waals surface area (Å²) in [5, 5.41) is 0.765. The van der Waals surface area contributed by atoms with E-state index in [2.05, 4.69) is 37.9 Å². The Labute approximate surface area is 136 Å². The summed E-state index contributed by atoms with van der Waals surface area (Å²) in [5.74, 6) is 0.856. The molecular formula is C17H19Cl2NO. The molecule has 0 saturated carbocycles. The standard InChI is InChI=1S/C17H19Cl2NO/c1-11-9-13(17(2,3)4)6-7-14(11)21-10-12-5-8-15(18)20-16(12)19/h5-9H,10H2,1-4H3. The van der Waals surface area contributed by atoms with Gasteiger partial charge in [-0.3, -0.25) is 0 Å². The highest BCUT2D eigenvalue weighted by atomic mass is 35.5. The van der Waals surface area contributed by atoms with Crippen molar-refractivity contribution >= 4 is 23.2 Å². The number of pyridine rings is 1. The van der Waals surface area contributed by atoms with Crippen LogP contribution in [-0.2, 0) is 12.0 Å². The number of hydrogen-bond donors (Lipinski definition) is 0. The van der Waals surface area contributed by atoms with Gasteiger partial charge in [0, 0.05) is 5.56 Å². The predicted molar refractivity (Wildman–Crippen MR) is 88.5 cm³/mol. The largest absolute Gasteiger partial charge is 0.489 e. The molecule has 0 spiro atoms. The van der Waals surface area contributed by atoms with E-state index in [4.69, 9.17) is 27.9 Å². The van der Waals surface area contributed by atoms with Gasteiger partial charge in [0.05, 0.1) is 0 Å². The van der Waals surface area contributed by atoms with E-state index >= 15 is 0 Å². The number of hydrogen-bond acceptors (Lipinski definition) is 2. The van der Waals surface area contributed by atoms with Crippen LogP contribution < -0.4 is 4.74 Å². The summed E-state index contributed by atoms with van der Waals surface area (Å²) < 4.78 is 5.84. The molecule has 0 aliphatic rings. The van der Waals surface area contributed by atoms with Crippen molar-refractivity contribution in [1.29, 1.82) is 0 Å². The van der Waals surface area contributed by atoms with Crippen molar-refractivity contribution in [2.24, 2.45) is 0 Å². The Balaban J connectivity index is 2.13. The molecule has 0 bridgehead atoms. The van der Waals surface area contributed by atoms with E-state index in [0.717, 1.165) is 16.9 Å². The molecule has 0 fully saturated rings. The van der Waals surface area contributed by atoms with Crippen LogP contribution in [0.2, 0.25) is 10.3 Å². The molecule has 0 amide bonds. The van der Waals surface area contributed by atoms with Crippen LogP contribution >= 0.6 is 23.2 Å². The van der Waals surface area contributed by atoms with Crippen LogP contribution in [0.25, 0.3) is 0 Å². The van der Waals surface area contributed by atoms with Crippen molar-refractivity contribution < 1.29 is 4.74 Å². The second-order valence-corrected chi connectivity index (χ2v) is 6.85. The normalized spacial score (nSPS) is 11.5. The molecule has 21 heavy (non-hydrogen) atoms. The Morgan fingerprint density at radius 3 is 2.38 bits per heavy atom. The summed E-state index contributed by atoms with van der Waals surface area (Å²) in [7, 11) is 0. The minimum atomic E-state index is 0.132. The van der Waals surface area contributed by atoms with E-state index < -0.39 is 0 Å². The van der Waals surface area contributed by atoms with E-state index in [1.807, 2.05) is 19.1 Å². The van der Waals surface area contributed by atoms with Crippen LogP contribution in [-0.4, -0.2) is 4.98 Å². The summed E-state index contributed by atoms with van der Waals surface area (Å²) in [6.45, 7) is 9.01. The molecule has 4 heteroatoms. The van der Waals surface area contributed by atoms with Gasteiger partial charge in [-0.25, -0.2) is 4.98 Å². The van der Waals surface area contributed by atoms with Crippen molar-refractivity contribution in [3.8, 4) is 5.75 Å². The second kappa shape index (κ2) is 6.25. The molecule has 1 heterocycles. The number of aryl methyl sites for hydroxylation is 1. The number of nitrogens with zero attached hydrogens (tertiary/aromatic N) is 1. The maximum absolute atomic E-state index is 6.05. The fourth-order valence-electron chi connectivity index (χ4n) is 1.98. The Hall–Kier alpha value is -1.25. The molecule has 0 radical (unpaired) electrons. The molecule has 0 unspecified atom stereocenters. The fourth-order valence-corrected chi connectivity index (χ4v) is 2.38. The molecule has 0 aliphatic heterocycles. The van der Waals surface area contributed by atoms with Crippen LogP contribution in [0.4, 0.5) is 0 Å². The highest BCUT2D eigenvalue weighted by Crippen LogP contribution is 2.28. The molecule has 2 nitrogen and oxygen atoms in total. The third-order valence-electron chi connectivity index (χ3n) is 3.32. The Bertz CT molecular complexity index is 648. The van der Waals surface area contributed by atoms with Gasteiger partial charge in [0.1, 0.15) is 22.7 Å². The van der Waals surface area contributed by atoms with Gasteiger partial charge in [-0.05, 0) is 41.7 Å². The molecule has 2 aromatic rings. The van der Waals surface area contributed by atoms with Crippen LogP contribution in [0, 0.1) is 6.92 Å². The van der Waals surface area contributed by atoms with E-state index in [-0.39, 0.29) is 5.41 Å². The SMILES string of the molecule is Cc1cc(C(C)(C)C)ccc1OCc1ccc(Cl)nc1Cl. The average molecular weight is 324 g/mol. The smallest absolute Gasteiger partial charge is 0.137 e. The van der Waals surface area contributed by atoms with Gasteiger partial charge in [-0.15, -0.1) is 0 Å². The molecule has 1 aromatic carbocycles. The molecule has 0 saturated heterocycles. The monoisotopic (exact) mass is 323 g/mol. The minimum Gasteiger partial charge on any atom is -0.489 e. The van der Waals surface area contributed by atoms with Gasteiger partial charge in [0.25, 0.3) is 0 Å². The first-order valence-electron chi connectivity index (χ1n) is 6.82. The fraction of sp³-hybridized carbons (Fsp3) is 0.353. The number of rotatable bonds is 3. The first-order chi connectivity index (χ1) is 9.77. The minimum absolute atomic E-state index is 0.132. The van der Waals surface area contributed by atoms with Crippen molar-refractivity contribution in [1.82, 2.24) is 4.98 Å². The Kier molecular flexibility index (Phi) is 4.80. The van der Waals surface area contributed by atoms with Gasteiger partial charge in [0.15, 0.2) is 0 Å². The Morgan fingerprint density at radius 1 is 1.10 bits per heavy atom. The molecule has 112 valence electrons. The van der Waals surface area contributed by atoms with E-state index in [1.54, 1.807) is 6.07 Å². The van der Waals surface area contributed by atoms with Crippen molar-refractivity contribution in [2.75, 3.05) is 0 Å². The van der Waals surface area contributed by atoms with Gasteiger partial charge in [-0.1, -0.05) is 56.1 Å². The van der Waals surface area contributed by atoms with Crippen molar-refractivity contribution in [3.05, 3.63) is 57.3 Å². The topological polar surface area (TPSA) is 22.1 Å². The summed E-state index contributed by atoms with van der Waals surface area (Å²) in [6.07, 6.45) is 0. The summed E-state index contributed by atoms with van der Waals surface area (Å²) in [4.78, 5) is 4.01. The zero-order chi connectivity index (χ0) is 15.6. The van der Waals surface area contributed by atoms with E-state index in [1.165, 1.54) is 5.56 Å². The van der Waals surface area contributed by atoms with Gasteiger partial charge in [0.2, 0.25) is 0 Å². The van der Waals surface area contributed by atoms with Crippen LogP contribution in [0.1, 0.15) is 37.5 Å². The zero-order valence-electron chi connectivity index (χ0n) is 12.7. The number of halogens is 2. The molecule has 0 aliphatic carbocycles. The summed E-state index contributed by atoms with van der Waals surface area (Å²) in [6, 6.07) is 9.81. The summed E-state index contributed by atoms with van der Waals surface area (Å²) in [5.41, 5.74) is 3.35. The first kappa shape index (κ1) is 16.1. The predicted octanol–water partition coefficient (Wildman–Crippen LogP) is 5.57. The zero-order valence-corrected chi connectivity index (χ0v) is 14.2. The lowest BCUT2D eigenvalue weighted by molar-refractivity contribution is 0.303. The van der Waals surface area contributed by atoms with Gasteiger partial charge >= 0.3 is 0 Å². The first-order valence-corrected chi connectivity index (χ1v) is 7.58. The highest BCUT2D eigenvalue weighted by Gasteiger charge is 2.15. The van der Waals surface area contributed by atoms with Gasteiger partial charge in [-0.2, -0.15) is 0 Å². The van der Waals surface area contributed by atoms with Crippen LogP contribution in [0.5, 0.6) is 5.75 Å². The number of ether oxygens (including phenoxy) is 1. The lowest BCUT2D eigenvalue weighted by atomic mass is 9.86. The maximum Gasteiger partial charge on any atom is 0.137 e. The van der Waals surface area contributed by atoms with Crippen LogP contribution in [0.15, 0.2) is 30.3 Å². The molecule has 2 rings (SSSR count). The quantitative estimate of drug-likeness (QED) is 0.688. The van der Waals surface area contributed by atoms with Crippen molar-refractivity contribution in [2.45, 2.75) is 39.7 Å². The van der Waals surface area contributed by atoms with Crippen molar-refractivity contribution in [3.63, 3.8) is 0 Å². The molecule has 0 atom stereocenters. The lowest BCUT2D eigenvalue weighted by Gasteiger charge is -2.20. The van der Waals surface area contributed by atoms with Gasteiger partial charge < -0.3 is 4.74 Å². The molecule has 0 N–H and O–H groups in total. The third-order valence-corrected chi connectivity index (χ3v) is 3.85. The molecular weight excluding hydrogens is 305 g/mol. The Morgan fingerprint density at radius 2 is 1.81 bits per heavy atom. The van der Waals surface area contributed by atoms with Crippen LogP contribution in [0.3, 0.4) is 0 Å². The second-order valence-electron chi connectivity index (χ2n) is 6.10. The van der Waals surface area contributed by atoms with E-state index in [9.17, 15) is 0 Å². The molecule has 1 aromatic heterocycles. The number of aromatic nitrogens is 1. The van der Waals surface area contributed by atoms with E-state index in [0.29, 0.717) is 16.9 Å². The third kappa shape index (κ3) is 4.12. The maximum atomic E-state index is 6.05. The number of benzene rings is 1. The summed E-state index contributed by atoms with van der Waals surface area (Å²) >= 11 is 11.8. The highest BCUT2D eigenvalue weighted by molar-refractivity contribution is 6.32. The average Bonchev–Trinajstić information content (AvgIpc) is 2.38. The lowest BCUT2D eigenvalue weighted by Crippen LogP contribution is -2.11.